The number of carbonyl (C=O) groups is 1. The average molecular weight is 343 g/mol. The van der Waals surface area contributed by atoms with Crippen LogP contribution in [0, 0.1) is 6.92 Å². The van der Waals surface area contributed by atoms with Crippen molar-refractivity contribution in [3.63, 3.8) is 0 Å². The van der Waals surface area contributed by atoms with Gasteiger partial charge in [0, 0.05) is 6.42 Å². The minimum Gasteiger partial charge on any atom is -0.375 e. The van der Waals surface area contributed by atoms with E-state index in [4.69, 9.17) is 4.74 Å². The van der Waals surface area contributed by atoms with Gasteiger partial charge in [-0.3, -0.25) is 10.1 Å². The van der Waals surface area contributed by atoms with E-state index in [1.165, 1.54) is 0 Å². The van der Waals surface area contributed by atoms with E-state index >= 15 is 0 Å². The molecule has 0 saturated heterocycles. The second kappa shape index (κ2) is 9.68. The Labute approximate surface area is 148 Å². The number of hydrogen-bond donors (Lipinski definition) is 2. The van der Waals surface area contributed by atoms with Crippen molar-refractivity contribution in [2.45, 2.75) is 46.3 Å². The van der Waals surface area contributed by atoms with Gasteiger partial charge in [0.05, 0.1) is 19.3 Å². The third-order valence-electron chi connectivity index (χ3n) is 3.58. The van der Waals surface area contributed by atoms with Crippen molar-refractivity contribution in [2.75, 3.05) is 17.2 Å². The molecular weight excluding hydrogens is 318 g/mol. The van der Waals surface area contributed by atoms with Gasteiger partial charge in [-0.05, 0) is 18.9 Å². The lowest BCUT2D eigenvalue weighted by Crippen LogP contribution is -2.26. The Morgan fingerprint density at radius 2 is 1.84 bits per heavy atom. The first kappa shape index (κ1) is 18.8. The summed E-state index contributed by atoms with van der Waals surface area (Å²) in [5, 5.41) is 5.91. The molecule has 2 N–H and O–H groups in total. The molecule has 1 heterocycles. The SMILES string of the molecule is CCC(=O)Nc1nc(C)nc(NC(CC)COCc2ccccc2)n1. The number of nitrogens with zero attached hydrogens (tertiary/aromatic N) is 3. The molecule has 0 bridgehead atoms. The van der Waals surface area contributed by atoms with Crippen molar-refractivity contribution in [1.82, 2.24) is 15.0 Å². The second-order valence-corrected chi connectivity index (χ2v) is 5.68. The molecule has 0 spiro atoms. The first-order valence-corrected chi connectivity index (χ1v) is 8.51. The topological polar surface area (TPSA) is 89.0 Å². The molecule has 0 saturated carbocycles. The van der Waals surface area contributed by atoms with Gasteiger partial charge >= 0.3 is 0 Å². The maximum atomic E-state index is 11.5. The van der Waals surface area contributed by atoms with Gasteiger partial charge in [-0.2, -0.15) is 15.0 Å². The highest BCUT2D eigenvalue weighted by Gasteiger charge is 2.11. The molecule has 2 rings (SSSR count). The highest BCUT2D eigenvalue weighted by Crippen LogP contribution is 2.09. The number of anilines is 2. The minimum absolute atomic E-state index is 0.0697. The summed E-state index contributed by atoms with van der Waals surface area (Å²) < 4.78 is 5.78. The van der Waals surface area contributed by atoms with Crippen LogP contribution in [-0.4, -0.2) is 33.5 Å². The van der Waals surface area contributed by atoms with E-state index in [-0.39, 0.29) is 17.9 Å². The monoisotopic (exact) mass is 343 g/mol. The van der Waals surface area contributed by atoms with Gasteiger partial charge in [-0.1, -0.05) is 44.2 Å². The Kier molecular flexibility index (Phi) is 7.28. The molecule has 1 unspecified atom stereocenters. The predicted octanol–water partition coefficient (Wildman–Crippen LogP) is 2.94. The van der Waals surface area contributed by atoms with Crippen molar-refractivity contribution in [1.29, 1.82) is 0 Å². The van der Waals surface area contributed by atoms with E-state index in [1.807, 2.05) is 30.3 Å². The zero-order valence-corrected chi connectivity index (χ0v) is 15.0. The summed E-state index contributed by atoms with van der Waals surface area (Å²) in [6.07, 6.45) is 1.23. The molecule has 0 aliphatic rings. The highest BCUT2D eigenvalue weighted by atomic mass is 16.5. The number of aromatic nitrogens is 3. The lowest BCUT2D eigenvalue weighted by atomic mass is 10.2. The van der Waals surface area contributed by atoms with Gasteiger partial charge < -0.3 is 10.1 Å². The third kappa shape index (κ3) is 6.46. The first-order valence-electron chi connectivity index (χ1n) is 8.51. The molecule has 1 aromatic heterocycles. The van der Waals surface area contributed by atoms with Crippen LogP contribution in [0.15, 0.2) is 30.3 Å². The summed E-state index contributed by atoms with van der Waals surface area (Å²) >= 11 is 0. The summed E-state index contributed by atoms with van der Waals surface area (Å²) in [7, 11) is 0. The van der Waals surface area contributed by atoms with Gasteiger partial charge in [0.25, 0.3) is 0 Å². The largest absolute Gasteiger partial charge is 0.375 e. The summed E-state index contributed by atoms with van der Waals surface area (Å²) in [6.45, 7) is 6.71. The molecule has 1 atom stereocenters. The number of carbonyl (C=O) groups excluding carboxylic acids is 1. The van der Waals surface area contributed by atoms with Gasteiger partial charge in [0.2, 0.25) is 17.8 Å². The minimum atomic E-state index is -0.130. The number of hydrogen-bond acceptors (Lipinski definition) is 6. The molecule has 2 aromatic rings. The molecule has 25 heavy (non-hydrogen) atoms. The number of amides is 1. The van der Waals surface area contributed by atoms with Crippen LogP contribution < -0.4 is 10.6 Å². The molecule has 7 nitrogen and oxygen atoms in total. The van der Waals surface area contributed by atoms with Crippen LogP contribution >= 0.6 is 0 Å². The fourth-order valence-electron chi connectivity index (χ4n) is 2.15. The zero-order chi connectivity index (χ0) is 18.1. The number of aryl methyl sites for hydroxylation is 1. The smallest absolute Gasteiger partial charge is 0.234 e. The standard InChI is InChI=1S/C18H25N5O2/c1-4-15(12-25-11-14-9-7-6-8-10-14)21-17-19-13(3)20-18(23-17)22-16(24)5-2/h6-10,15H,4-5,11-12H2,1-3H3,(H2,19,20,21,22,23,24). The van der Waals surface area contributed by atoms with E-state index in [1.54, 1.807) is 13.8 Å². The van der Waals surface area contributed by atoms with Gasteiger partial charge in [-0.15, -0.1) is 0 Å². The quantitative estimate of drug-likeness (QED) is 0.728. The Bertz CT molecular complexity index is 678. The average Bonchev–Trinajstić information content (AvgIpc) is 2.61. The number of benzene rings is 1. The molecule has 0 fully saturated rings. The lowest BCUT2D eigenvalue weighted by Gasteiger charge is -2.17. The fraction of sp³-hybridized carbons (Fsp3) is 0.444. The molecule has 0 aliphatic carbocycles. The molecular formula is C18H25N5O2. The molecule has 7 heteroatoms. The first-order chi connectivity index (χ1) is 12.1. The van der Waals surface area contributed by atoms with Crippen LogP contribution in [0.25, 0.3) is 0 Å². The predicted molar refractivity (Wildman–Crippen MR) is 97.3 cm³/mol. The van der Waals surface area contributed by atoms with Crippen molar-refractivity contribution >= 4 is 17.8 Å². The highest BCUT2D eigenvalue weighted by molar-refractivity contribution is 5.88. The molecule has 134 valence electrons. The zero-order valence-electron chi connectivity index (χ0n) is 15.0. The summed E-state index contributed by atoms with van der Waals surface area (Å²) in [5.41, 5.74) is 1.14. The van der Waals surface area contributed by atoms with Crippen LogP contribution in [0.3, 0.4) is 0 Å². The van der Waals surface area contributed by atoms with Crippen LogP contribution in [0.1, 0.15) is 38.1 Å². The lowest BCUT2D eigenvalue weighted by molar-refractivity contribution is -0.115. The van der Waals surface area contributed by atoms with Crippen molar-refractivity contribution < 1.29 is 9.53 Å². The summed E-state index contributed by atoms with van der Waals surface area (Å²) in [4.78, 5) is 24.2. The van der Waals surface area contributed by atoms with Crippen LogP contribution in [0.4, 0.5) is 11.9 Å². The Balaban J connectivity index is 1.92. The van der Waals surface area contributed by atoms with Gasteiger partial charge in [0.1, 0.15) is 5.82 Å². The summed E-state index contributed by atoms with van der Waals surface area (Å²) in [5.74, 6) is 1.12. The van der Waals surface area contributed by atoms with Crippen LogP contribution in [-0.2, 0) is 16.1 Å². The molecule has 1 amide bonds. The van der Waals surface area contributed by atoms with Gasteiger partial charge in [0.15, 0.2) is 0 Å². The van der Waals surface area contributed by atoms with E-state index in [0.717, 1.165) is 12.0 Å². The Hall–Kier alpha value is -2.54. The number of nitrogens with one attached hydrogen (secondary N) is 2. The number of rotatable bonds is 9. The number of ether oxygens (including phenoxy) is 1. The normalized spacial score (nSPS) is 11.8. The molecule has 0 radical (unpaired) electrons. The third-order valence-corrected chi connectivity index (χ3v) is 3.58. The van der Waals surface area contributed by atoms with Gasteiger partial charge in [-0.25, -0.2) is 0 Å². The second-order valence-electron chi connectivity index (χ2n) is 5.68. The van der Waals surface area contributed by atoms with Crippen molar-refractivity contribution in [3.8, 4) is 0 Å². The van der Waals surface area contributed by atoms with Crippen LogP contribution in [0.2, 0.25) is 0 Å². The molecule has 0 aliphatic heterocycles. The van der Waals surface area contributed by atoms with E-state index < -0.39 is 0 Å². The van der Waals surface area contributed by atoms with E-state index in [0.29, 0.717) is 31.4 Å². The Morgan fingerprint density at radius 3 is 2.52 bits per heavy atom. The Morgan fingerprint density at radius 1 is 1.12 bits per heavy atom. The fourth-order valence-corrected chi connectivity index (χ4v) is 2.15. The van der Waals surface area contributed by atoms with E-state index in [9.17, 15) is 4.79 Å². The maximum Gasteiger partial charge on any atom is 0.234 e. The molecule has 1 aromatic carbocycles. The maximum absolute atomic E-state index is 11.5. The van der Waals surface area contributed by atoms with Crippen molar-refractivity contribution in [2.24, 2.45) is 0 Å². The van der Waals surface area contributed by atoms with E-state index in [2.05, 4.69) is 32.5 Å². The summed E-state index contributed by atoms with van der Waals surface area (Å²) in [6, 6.07) is 10.1. The van der Waals surface area contributed by atoms with Crippen molar-refractivity contribution in [3.05, 3.63) is 41.7 Å². The van der Waals surface area contributed by atoms with Crippen LogP contribution in [0.5, 0.6) is 0 Å².